The number of morpholine rings is 2. The van der Waals surface area contributed by atoms with Crippen LogP contribution < -0.4 is 10.3 Å². The first kappa shape index (κ1) is 22.9. The minimum atomic E-state index is -0.255. The summed E-state index contributed by atoms with van der Waals surface area (Å²) in [6.45, 7) is 5.52. The van der Waals surface area contributed by atoms with Crippen molar-refractivity contribution in [1.82, 2.24) is 20.4 Å². The van der Waals surface area contributed by atoms with E-state index >= 15 is 0 Å². The zero-order valence-electron chi connectivity index (χ0n) is 18.8. The average molecular weight is 482 g/mol. The number of ether oxygens (including phenoxy) is 2. The van der Waals surface area contributed by atoms with Crippen molar-refractivity contribution < 1.29 is 18.7 Å². The zero-order chi connectivity index (χ0) is 23.2. The Labute approximate surface area is 202 Å². The summed E-state index contributed by atoms with van der Waals surface area (Å²) >= 11 is 1.49. The molecule has 0 aliphatic carbocycles. The number of anilines is 1. The quantitative estimate of drug-likeness (QED) is 0.404. The summed E-state index contributed by atoms with van der Waals surface area (Å²) in [5.41, 5.74) is 4.79. The van der Waals surface area contributed by atoms with Gasteiger partial charge in [-0.2, -0.15) is 0 Å². The van der Waals surface area contributed by atoms with Gasteiger partial charge < -0.3 is 18.8 Å². The first-order valence-corrected chi connectivity index (χ1v) is 12.4. The molecular weight excluding hydrogens is 454 g/mol. The number of hydrazine groups is 1. The molecule has 0 radical (unpaired) electrons. The second-order valence-electron chi connectivity index (χ2n) is 7.95. The van der Waals surface area contributed by atoms with Gasteiger partial charge in [-0.05, 0) is 12.1 Å². The van der Waals surface area contributed by atoms with E-state index in [-0.39, 0.29) is 11.7 Å². The van der Waals surface area contributed by atoms with E-state index in [4.69, 9.17) is 23.9 Å². The average Bonchev–Trinajstić information content (AvgIpc) is 3.38. The Balaban J connectivity index is 1.28. The Kier molecular flexibility index (Phi) is 7.40. The molecule has 1 aromatic carbocycles. The highest BCUT2D eigenvalue weighted by Gasteiger charge is 2.19. The monoisotopic (exact) mass is 481 g/mol. The van der Waals surface area contributed by atoms with Gasteiger partial charge in [-0.15, -0.1) is 0 Å². The molecular formula is C24H27N5O4S. The fraction of sp³-hybridized carbons (Fsp3) is 0.375. The maximum atomic E-state index is 12.5. The van der Waals surface area contributed by atoms with Gasteiger partial charge in [0.15, 0.2) is 10.9 Å². The number of furan rings is 1. The fourth-order valence-corrected chi connectivity index (χ4v) is 4.52. The molecule has 178 valence electrons. The highest BCUT2D eigenvalue weighted by Crippen LogP contribution is 2.28. The van der Waals surface area contributed by atoms with Crippen LogP contribution in [0.1, 0.15) is 16.3 Å². The van der Waals surface area contributed by atoms with Gasteiger partial charge in [0, 0.05) is 37.8 Å². The third-order valence-electron chi connectivity index (χ3n) is 5.60. The standard InChI is InChI=1S/C24H27N5O4S/c30-23(27-29-10-14-32-15-11-29)21-7-6-19(33-21)17-34-24-25-20(18-4-2-1-3-5-18)16-22(26-24)28-8-12-31-13-9-28/h1-7,16H,8-15,17H2,(H,27,30). The summed E-state index contributed by atoms with van der Waals surface area (Å²) in [5.74, 6) is 2.14. The van der Waals surface area contributed by atoms with Gasteiger partial charge in [-0.25, -0.2) is 15.0 Å². The Morgan fingerprint density at radius 3 is 2.44 bits per heavy atom. The van der Waals surface area contributed by atoms with Crippen LogP contribution in [0.4, 0.5) is 5.82 Å². The highest BCUT2D eigenvalue weighted by atomic mass is 32.2. The van der Waals surface area contributed by atoms with Gasteiger partial charge in [0.2, 0.25) is 0 Å². The van der Waals surface area contributed by atoms with Crippen LogP contribution in [0.3, 0.4) is 0 Å². The first-order valence-electron chi connectivity index (χ1n) is 11.4. The third-order valence-corrected chi connectivity index (χ3v) is 6.47. The zero-order valence-corrected chi connectivity index (χ0v) is 19.6. The van der Waals surface area contributed by atoms with Gasteiger partial charge in [0.1, 0.15) is 11.6 Å². The number of thioether (sulfide) groups is 1. The van der Waals surface area contributed by atoms with Crippen molar-refractivity contribution in [2.75, 3.05) is 57.5 Å². The van der Waals surface area contributed by atoms with Gasteiger partial charge in [-0.3, -0.25) is 10.2 Å². The van der Waals surface area contributed by atoms with Crippen molar-refractivity contribution in [1.29, 1.82) is 0 Å². The van der Waals surface area contributed by atoms with Crippen LogP contribution in [0.5, 0.6) is 0 Å². The van der Waals surface area contributed by atoms with Crippen LogP contribution in [-0.4, -0.2) is 73.5 Å². The van der Waals surface area contributed by atoms with Crippen molar-refractivity contribution in [2.24, 2.45) is 0 Å². The summed E-state index contributed by atoms with van der Waals surface area (Å²) < 4.78 is 16.6. The normalized spacial score (nSPS) is 17.0. The molecule has 0 unspecified atom stereocenters. The number of nitrogens with zero attached hydrogens (tertiary/aromatic N) is 4. The van der Waals surface area contributed by atoms with Gasteiger partial charge >= 0.3 is 5.91 Å². The van der Waals surface area contributed by atoms with Gasteiger partial charge in [-0.1, -0.05) is 42.1 Å². The van der Waals surface area contributed by atoms with Crippen molar-refractivity contribution in [3.05, 3.63) is 60.1 Å². The number of amides is 1. The number of carbonyl (C=O) groups is 1. The van der Waals surface area contributed by atoms with Crippen LogP contribution in [0.25, 0.3) is 11.3 Å². The lowest BCUT2D eigenvalue weighted by molar-refractivity contribution is 0.0117. The molecule has 2 aromatic heterocycles. The van der Waals surface area contributed by atoms with E-state index in [1.165, 1.54) is 11.8 Å². The molecule has 0 bridgehead atoms. The third kappa shape index (κ3) is 5.76. The minimum Gasteiger partial charge on any atom is -0.455 e. The number of carbonyl (C=O) groups excluding carboxylic acids is 1. The van der Waals surface area contributed by atoms with E-state index in [1.54, 1.807) is 6.07 Å². The summed E-state index contributed by atoms with van der Waals surface area (Å²) in [7, 11) is 0. The summed E-state index contributed by atoms with van der Waals surface area (Å²) in [6, 6.07) is 15.7. The molecule has 2 aliphatic heterocycles. The first-order chi connectivity index (χ1) is 16.7. The molecule has 4 heterocycles. The largest absolute Gasteiger partial charge is 0.455 e. The number of benzene rings is 1. The lowest BCUT2D eigenvalue weighted by Crippen LogP contribution is -2.48. The molecule has 5 rings (SSSR count). The van der Waals surface area contributed by atoms with Crippen molar-refractivity contribution in [3.8, 4) is 11.3 Å². The van der Waals surface area contributed by atoms with Crippen molar-refractivity contribution >= 4 is 23.5 Å². The SMILES string of the molecule is O=C(NN1CCOCC1)c1ccc(CSc2nc(-c3ccccc3)cc(N3CCOCC3)n2)o1. The van der Waals surface area contributed by atoms with E-state index in [2.05, 4.69) is 10.3 Å². The van der Waals surface area contributed by atoms with Crippen LogP contribution >= 0.6 is 11.8 Å². The number of nitrogens with one attached hydrogen (secondary N) is 1. The molecule has 3 aromatic rings. The van der Waals surface area contributed by atoms with E-state index in [1.807, 2.05) is 47.5 Å². The van der Waals surface area contributed by atoms with Gasteiger partial charge in [0.25, 0.3) is 0 Å². The molecule has 2 aliphatic rings. The minimum absolute atomic E-state index is 0.255. The van der Waals surface area contributed by atoms with E-state index in [0.29, 0.717) is 56.2 Å². The predicted molar refractivity (Wildman–Crippen MR) is 129 cm³/mol. The van der Waals surface area contributed by atoms with Gasteiger partial charge in [0.05, 0.1) is 37.9 Å². The number of rotatable bonds is 7. The fourth-order valence-electron chi connectivity index (χ4n) is 3.78. The maximum Gasteiger partial charge on any atom is 0.301 e. The Morgan fingerprint density at radius 1 is 0.941 bits per heavy atom. The van der Waals surface area contributed by atoms with Crippen LogP contribution in [0, 0.1) is 0 Å². The Morgan fingerprint density at radius 2 is 1.68 bits per heavy atom. The van der Waals surface area contributed by atoms with Crippen LogP contribution in [-0.2, 0) is 15.2 Å². The topological polar surface area (TPSA) is 93.0 Å². The van der Waals surface area contributed by atoms with Crippen LogP contribution in [0.15, 0.2) is 58.1 Å². The summed E-state index contributed by atoms with van der Waals surface area (Å²) in [5, 5.41) is 2.51. The molecule has 1 N–H and O–H groups in total. The predicted octanol–water partition coefficient (Wildman–Crippen LogP) is 2.84. The lowest BCUT2D eigenvalue weighted by Gasteiger charge is -2.28. The van der Waals surface area contributed by atoms with E-state index in [0.717, 1.165) is 30.2 Å². The maximum absolute atomic E-state index is 12.5. The highest BCUT2D eigenvalue weighted by molar-refractivity contribution is 7.98. The summed E-state index contributed by atoms with van der Waals surface area (Å²) in [4.78, 5) is 24.3. The number of hydrogen-bond acceptors (Lipinski definition) is 9. The number of hydrogen-bond donors (Lipinski definition) is 1. The Bertz CT molecular complexity index is 1100. The summed E-state index contributed by atoms with van der Waals surface area (Å²) in [6.07, 6.45) is 0. The second kappa shape index (κ2) is 11.0. The van der Waals surface area contributed by atoms with E-state index in [9.17, 15) is 4.79 Å². The van der Waals surface area contributed by atoms with E-state index < -0.39 is 0 Å². The molecule has 2 saturated heterocycles. The molecule has 0 saturated carbocycles. The second-order valence-corrected chi connectivity index (χ2v) is 8.90. The van der Waals surface area contributed by atoms with Crippen molar-refractivity contribution in [3.63, 3.8) is 0 Å². The Hall–Kier alpha value is -2.92. The number of aromatic nitrogens is 2. The molecule has 9 nitrogen and oxygen atoms in total. The van der Waals surface area contributed by atoms with Crippen LogP contribution in [0.2, 0.25) is 0 Å². The molecule has 0 spiro atoms. The smallest absolute Gasteiger partial charge is 0.301 e. The molecule has 1 amide bonds. The lowest BCUT2D eigenvalue weighted by atomic mass is 10.1. The van der Waals surface area contributed by atoms with Crippen molar-refractivity contribution in [2.45, 2.75) is 10.9 Å². The molecule has 10 heteroatoms. The molecule has 2 fully saturated rings. The molecule has 0 atom stereocenters. The molecule has 34 heavy (non-hydrogen) atoms.